The molecule has 0 N–H and O–H groups in total. The molecule has 0 radical (unpaired) electrons. The van der Waals surface area contributed by atoms with Crippen molar-refractivity contribution in [3.63, 3.8) is 0 Å². The van der Waals surface area contributed by atoms with Crippen LogP contribution in [0.15, 0.2) is 54.6 Å². The van der Waals surface area contributed by atoms with Gasteiger partial charge in [0.1, 0.15) is 5.75 Å². The van der Waals surface area contributed by atoms with Gasteiger partial charge in [-0.15, -0.1) is 0 Å². The molecule has 2 aromatic rings. The molecule has 3 nitrogen and oxygen atoms in total. The molecule has 1 amide bonds. The van der Waals surface area contributed by atoms with Crippen molar-refractivity contribution >= 4 is 11.6 Å². The largest absolute Gasteiger partial charge is 0.484 e. The summed E-state index contributed by atoms with van der Waals surface area (Å²) in [6.07, 6.45) is -4.45. The molecular formula is C18H18F3NO2. The molecule has 0 aliphatic heterocycles. The van der Waals surface area contributed by atoms with Crippen LogP contribution in [-0.2, 0) is 11.0 Å². The van der Waals surface area contributed by atoms with Crippen LogP contribution in [0.2, 0.25) is 0 Å². The van der Waals surface area contributed by atoms with Gasteiger partial charge in [-0.3, -0.25) is 4.79 Å². The molecule has 2 aromatic carbocycles. The molecule has 0 heterocycles. The molecular weight excluding hydrogens is 319 g/mol. The van der Waals surface area contributed by atoms with Crippen molar-refractivity contribution in [2.75, 3.05) is 11.5 Å². The van der Waals surface area contributed by atoms with Crippen molar-refractivity contribution in [3.05, 3.63) is 60.2 Å². The monoisotopic (exact) mass is 337 g/mol. The highest BCUT2D eigenvalue weighted by molar-refractivity contribution is 5.94. The smallest absolute Gasteiger partial charge is 0.416 e. The van der Waals surface area contributed by atoms with Crippen LogP contribution in [0.5, 0.6) is 5.75 Å². The lowest BCUT2D eigenvalue weighted by Crippen LogP contribution is -2.40. The third-order valence-electron chi connectivity index (χ3n) is 3.34. The number of hydrogen-bond acceptors (Lipinski definition) is 2. The number of carbonyl (C=O) groups is 1. The topological polar surface area (TPSA) is 29.5 Å². The van der Waals surface area contributed by atoms with Crippen LogP contribution in [0.1, 0.15) is 19.4 Å². The van der Waals surface area contributed by atoms with Crippen molar-refractivity contribution in [1.82, 2.24) is 0 Å². The first-order valence-corrected chi connectivity index (χ1v) is 7.46. The van der Waals surface area contributed by atoms with E-state index in [0.29, 0.717) is 5.69 Å². The summed E-state index contributed by atoms with van der Waals surface area (Å²) in [5.74, 6) is -0.316. The quantitative estimate of drug-likeness (QED) is 0.802. The maximum absolute atomic E-state index is 12.7. The number of carbonyl (C=O) groups excluding carboxylic acids is 1. The van der Waals surface area contributed by atoms with E-state index in [-0.39, 0.29) is 24.3 Å². The number of amides is 1. The molecule has 0 fully saturated rings. The van der Waals surface area contributed by atoms with Gasteiger partial charge in [0.05, 0.1) is 5.56 Å². The fourth-order valence-electron chi connectivity index (χ4n) is 2.30. The van der Waals surface area contributed by atoms with Gasteiger partial charge >= 0.3 is 6.18 Å². The average Bonchev–Trinajstić information content (AvgIpc) is 2.53. The molecule has 0 atom stereocenters. The van der Waals surface area contributed by atoms with Gasteiger partial charge in [-0.2, -0.15) is 13.2 Å². The molecule has 2 rings (SSSR count). The van der Waals surface area contributed by atoms with Gasteiger partial charge in [0.25, 0.3) is 5.91 Å². The molecule has 0 unspecified atom stereocenters. The average molecular weight is 337 g/mol. The minimum absolute atomic E-state index is 0.00921. The second-order valence-corrected chi connectivity index (χ2v) is 5.51. The number of alkyl halides is 3. The Kier molecular flexibility index (Phi) is 5.49. The van der Waals surface area contributed by atoms with Gasteiger partial charge in [-0.05, 0) is 44.2 Å². The lowest BCUT2D eigenvalue weighted by atomic mass is 10.2. The van der Waals surface area contributed by atoms with Crippen LogP contribution in [-0.4, -0.2) is 18.6 Å². The molecule has 0 aliphatic carbocycles. The molecule has 24 heavy (non-hydrogen) atoms. The second kappa shape index (κ2) is 7.38. The summed E-state index contributed by atoms with van der Waals surface area (Å²) in [5, 5.41) is 0. The Morgan fingerprint density at radius 2 is 1.75 bits per heavy atom. The van der Waals surface area contributed by atoms with Crippen LogP contribution in [0.25, 0.3) is 0 Å². The number of rotatable bonds is 5. The normalized spacial score (nSPS) is 11.4. The minimum Gasteiger partial charge on any atom is -0.484 e. The number of ether oxygens (including phenoxy) is 1. The van der Waals surface area contributed by atoms with E-state index >= 15 is 0 Å². The summed E-state index contributed by atoms with van der Waals surface area (Å²) in [7, 11) is 0. The third kappa shape index (κ3) is 4.50. The summed E-state index contributed by atoms with van der Waals surface area (Å²) in [4.78, 5) is 14.0. The lowest BCUT2D eigenvalue weighted by Gasteiger charge is -2.26. The van der Waals surface area contributed by atoms with E-state index in [1.165, 1.54) is 12.1 Å². The Hall–Kier alpha value is -2.50. The second-order valence-electron chi connectivity index (χ2n) is 5.51. The first kappa shape index (κ1) is 17.8. The zero-order valence-corrected chi connectivity index (χ0v) is 13.4. The first-order chi connectivity index (χ1) is 11.3. The van der Waals surface area contributed by atoms with Gasteiger partial charge in [0, 0.05) is 11.7 Å². The number of halogens is 3. The highest BCUT2D eigenvalue weighted by atomic mass is 19.4. The fraction of sp³-hybridized carbons (Fsp3) is 0.278. The van der Waals surface area contributed by atoms with Crippen molar-refractivity contribution in [3.8, 4) is 5.75 Å². The highest BCUT2D eigenvalue weighted by Crippen LogP contribution is 2.31. The number of hydrogen-bond donors (Lipinski definition) is 0. The zero-order valence-electron chi connectivity index (χ0n) is 13.4. The fourth-order valence-corrected chi connectivity index (χ4v) is 2.30. The van der Waals surface area contributed by atoms with E-state index in [1.807, 2.05) is 32.0 Å². The van der Waals surface area contributed by atoms with Crippen molar-refractivity contribution in [2.45, 2.75) is 26.1 Å². The van der Waals surface area contributed by atoms with E-state index < -0.39 is 11.7 Å². The maximum Gasteiger partial charge on any atom is 0.416 e. The van der Waals surface area contributed by atoms with Crippen molar-refractivity contribution in [2.24, 2.45) is 0 Å². The molecule has 0 bridgehead atoms. The number of anilines is 1. The summed E-state index contributed by atoms with van der Waals surface area (Å²) in [6, 6.07) is 13.4. The van der Waals surface area contributed by atoms with Crippen LogP contribution in [0, 0.1) is 0 Å². The summed E-state index contributed by atoms with van der Waals surface area (Å²) in [5.41, 5.74) is -0.0960. The molecule has 0 saturated heterocycles. The molecule has 0 saturated carbocycles. The standard InChI is InChI=1S/C18H18F3NO2/c1-13(2)22(15-8-4-3-5-9-15)17(23)12-24-16-10-6-7-14(11-16)18(19,20)21/h3-11,13H,12H2,1-2H3. The van der Waals surface area contributed by atoms with Crippen LogP contribution in [0.4, 0.5) is 18.9 Å². The van der Waals surface area contributed by atoms with E-state index in [2.05, 4.69) is 0 Å². The first-order valence-electron chi connectivity index (χ1n) is 7.46. The van der Waals surface area contributed by atoms with Crippen molar-refractivity contribution in [1.29, 1.82) is 0 Å². The van der Waals surface area contributed by atoms with Gasteiger partial charge in [-0.1, -0.05) is 24.3 Å². The van der Waals surface area contributed by atoms with Gasteiger partial charge < -0.3 is 9.64 Å². The van der Waals surface area contributed by atoms with E-state index in [9.17, 15) is 18.0 Å². The summed E-state index contributed by atoms with van der Waals surface area (Å²) < 4.78 is 43.3. The van der Waals surface area contributed by atoms with E-state index in [1.54, 1.807) is 17.0 Å². The van der Waals surface area contributed by atoms with Gasteiger partial charge in [0.15, 0.2) is 6.61 Å². The number of benzene rings is 2. The summed E-state index contributed by atoms with van der Waals surface area (Å²) >= 11 is 0. The zero-order chi connectivity index (χ0) is 17.7. The number of nitrogens with zero attached hydrogens (tertiary/aromatic N) is 1. The highest BCUT2D eigenvalue weighted by Gasteiger charge is 2.30. The Balaban J connectivity index is 2.09. The Morgan fingerprint density at radius 3 is 2.33 bits per heavy atom. The predicted octanol–water partition coefficient (Wildman–Crippen LogP) is 4.53. The van der Waals surface area contributed by atoms with Gasteiger partial charge in [-0.25, -0.2) is 0 Å². The van der Waals surface area contributed by atoms with E-state index in [4.69, 9.17) is 4.74 Å². The predicted molar refractivity (Wildman–Crippen MR) is 86.0 cm³/mol. The Labute approximate surface area is 138 Å². The molecule has 0 aliphatic rings. The molecule has 6 heteroatoms. The molecule has 0 aromatic heterocycles. The number of para-hydroxylation sites is 1. The maximum atomic E-state index is 12.7. The minimum atomic E-state index is -4.45. The van der Waals surface area contributed by atoms with E-state index in [0.717, 1.165) is 12.1 Å². The third-order valence-corrected chi connectivity index (χ3v) is 3.34. The van der Waals surface area contributed by atoms with Crippen molar-refractivity contribution < 1.29 is 22.7 Å². The lowest BCUT2D eigenvalue weighted by molar-refractivity contribution is -0.137. The Morgan fingerprint density at radius 1 is 1.08 bits per heavy atom. The van der Waals surface area contributed by atoms with Crippen LogP contribution >= 0.6 is 0 Å². The summed E-state index contributed by atoms with van der Waals surface area (Å²) in [6.45, 7) is 3.37. The van der Waals surface area contributed by atoms with Gasteiger partial charge in [0.2, 0.25) is 0 Å². The molecule has 0 spiro atoms. The Bertz CT molecular complexity index is 684. The van der Waals surface area contributed by atoms with Crippen LogP contribution in [0.3, 0.4) is 0 Å². The van der Waals surface area contributed by atoms with Crippen LogP contribution < -0.4 is 9.64 Å². The molecule has 128 valence electrons. The SMILES string of the molecule is CC(C)N(C(=O)COc1cccc(C(F)(F)F)c1)c1ccccc1.